The number of hydrogen-bond acceptors (Lipinski definition) is 7. The number of non-ortho nitro benzene ring substituents is 1. The largest absolute Gasteiger partial charge is 0.494 e. The quantitative estimate of drug-likeness (QED) is 0.224. The van der Waals surface area contributed by atoms with Gasteiger partial charge in [0.15, 0.2) is 5.11 Å². The number of methoxy groups -OCH3 is 2. The molecule has 2 aromatic carbocycles. The van der Waals surface area contributed by atoms with Crippen molar-refractivity contribution in [1.29, 1.82) is 0 Å². The van der Waals surface area contributed by atoms with E-state index in [0.717, 1.165) is 16.0 Å². The van der Waals surface area contributed by atoms with Gasteiger partial charge in [-0.15, -0.1) is 11.3 Å². The predicted molar refractivity (Wildman–Crippen MR) is 125 cm³/mol. The number of thiocarbonyl (C=S) groups is 1. The first-order chi connectivity index (χ1) is 14.8. The van der Waals surface area contributed by atoms with E-state index in [0.29, 0.717) is 16.3 Å². The Morgan fingerprint density at radius 3 is 2.45 bits per heavy atom. The fraction of sp³-hybridized carbons (Fsp3) is 0.143. The Morgan fingerprint density at radius 1 is 1.13 bits per heavy atom. The summed E-state index contributed by atoms with van der Waals surface area (Å²) in [5, 5.41) is 17.7. The van der Waals surface area contributed by atoms with E-state index < -0.39 is 10.9 Å². The van der Waals surface area contributed by atoms with Crippen LogP contribution < -0.4 is 15.4 Å². The summed E-state index contributed by atoms with van der Waals surface area (Å²) in [5.74, 6) is -0.222. The van der Waals surface area contributed by atoms with Crippen LogP contribution in [0.4, 0.5) is 16.4 Å². The molecular formula is C21H19N3O5S2. The number of nitrogens with zero attached hydrogens (tertiary/aromatic N) is 1. The summed E-state index contributed by atoms with van der Waals surface area (Å²) in [5.41, 5.74) is 2.39. The lowest BCUT2D eigenvalue weighted by atomic mass is 10.0. The summed E-state index contributed by atoms with van der Waals surface area (Å²) in [6, 6.07) is 13.7. The van der Waals surface area contributed by atoms with E-state index in [2.05, 4.69) is 10.6 Å². The average Bonchev–Trinajstić information content (AvgIpc) is 3.09. The van der Waals surface area contributed by atoms with Crippen molar-refractivity contribution in [2.45, 2.75) is 6.92 Å². The van der Waals surface area contributed by atoms with E-state index in [9.17, 15) is 14.9 Å². The second-order valence-corrected chi connectivity index (χ2v) is 7.95. The Balaban J connectivity index is 1.92. The van der Waals surface area contributed by atoms with Crippen molar-refractivity contribution in [3.8, 4) is 16.9 Å². The maximum Gasteiger partial charge on any atom is 0.341 e. The first-order valence-electron chi connectivity index (χ1n) is 9.03. The highest BCUT2D eigenvalue weighted by molar-refractivity contribution is 7.80. The van der Waals surface area contributed by atoms with Gasteiger partial charge in [-0.2, -0.15) is 0 Å². The summed E-state index contributed by atoms with van der Waals surface area (Å²) in [7, 11) is 2.73. The SMILES string of the molecule is COC(=O)c1c(NC(=S)Nc2ccc([N+](=O)[O-])cc2OC)sc(C)c1-c1ccccc1. The molecule has 0 spiro atoms. The van der Waals surface area contributed by atoms with Crippen LogP contribution in [-0.4, -0.2) is 30.2 Å². The number of nitrogens with one attached hydrogen (secondary N) is 2. The van der Waals surface area contributed by atoms with Crippen molar-refractivity contribution < 1.29 is 19.2 Å². The lowest BCUT2D eigenvalue weighted by Crippen LogP contribution is -2.20. The fourth-order valence-corrected chi connectivity index (χ4v) is 4.38. The zero-order valence-corrected chi connectivity index (χ0v) is 18.6. The molecule has 0 bridgehead atoms. The minimum Gasteiger partial charge on any atom is -0.494 e. The van der Waals surface area contributed by atoms with E-state index in [4.69, 9.17) is 21.7 Å². The zero-order valence-electron chi connectivity index (χ0n) is 16.9. The fourth-order valence-electron chi connectivity index (χ4n) is 3.04. The predicted octanol–water partition coefficient (Wildman–Crippen LogP) is 5.24. The number of hydrogen-bond donors (Lipinski definition) is 2. The van der Waals surface area contributed by atoms with E-state index in [1.165, 1.54) is 43.8 Å². The lowest BCUT2D eigenvalue weighted by Gasteiger charge is -2.13. The number of nitro groups is 1. The molecule has 3 aromatic rings. The van der Waals surface area contributed by atoms with Gasteiger partial charge in [0.2, 0.25) is 0 Å². The van der Waals surface area contributed by atoms with Crippen LogP contribution in [0.25, 0.3) is 11.1 Å². The van der Waals surface area contributed by atoms with Crippen LogP contribution in [0, 0.1) is 17.0 Å². The molecule has 0 aliphatic heterocycles. The maximum atomic E-state index is 12.6. The average molecular weight is 458 g/mol. The highest BCUT2D eigenvalue weighted by Gasteiger charge is 2.24. The number of anilines is 2. The molecule has 3 rings (SSSR count). The number of carbonyl (C=O) groups is 1. The van der Waals surface area contributed by atoms with Gasteiger partial charge in [0, 0.05) is 16.5 Å². The van der Waals surface area contributed by atoms with E-state index in [1.807, 2.05) is 37.3 Å². The zero-order chi connectivity index (χ0) is 22.5. The molecule has 0 saturated heterocycles. The number of thiophene rings is 1. The Kier molecular flexibility index (Phi) is 6.83. The number of esters is 1. The molecule has 0 unspecified atom stereocenters. The van der Waals surface area contributed by atoms with Crippen molar-refractivity contribution in [2.24, 2.45) is 0 Å². The highest BCUT2D eigenvalue weighted by atomic mass is 32.1. The second kappa shape index (κ2) is 9.54. The van der Waals surface area contributed by atoms with Gasteiger partial charge in [0.05, 0.1) is 30.9 Å². The lowest BCUT2D eigenvalue weighted by molar-refractivity contribution is -0.384. The number of aryl methyl sites for hydroxylation is 1. The van der Waals surface area contributed by atoms with Gasteiger partial charge in [-0.25, -0.2) is 4.79 Å². The van der Waals surface area contributed by atoms with Crippen LogP contribution in [0.2, 0.25) is 0 Å². The van der Waals surface area contributed by atoms with E-state index in [1.54, 1.807) is 0 Å². The number of benzene rings is 2. The molecule has 8 nitrogen and oxygen atoms in total. The van der Waals surface area contributed by atoms with Crippen LogP contribution in [0.15, 0.2) is 48.5 Å². The molecule has 1 aromatic heterocycles. The van der Waals surface area contributed by atoms with Gasteiger partial charge in [-0.1, -0.05) is 30.3 Å². The van der Waals surface area contributed by atoms with Crippen molar-refractivity contribution in [1.82, 2.24) is 0 Å². The number of carbonyl (C=O) groups excluding carboxylic acids is 1. The van der Waals surface area contributed by atoms with Gasteiger partial charge < -0.3 is 20.1 Å². The summed E-state index contributed by atoms with van der Waals surface area (Å²) in [4.78, 5) is 24.0. The molecule has 0 radical (unpaired) electrons. The van der Waals surface area contributed by atoms with Crippen LogP contribution in [0.3, 0.4) is 0 Å². The third kappa shape index (κ3) is 4.81. The smallest absolute Gasteiger partial charge is 0.341 e. The third-order valence-corrected chi connectivity index (χ3v) is 5.63. The molecule has 2 N–H and O–H groups in total. The second-order valence-electron chi connectivity index (χ2n) is 6.32. The Morgan fingerprint density at radius 2 is 1.84 bits per heavy atom. The summed E-state index contributed by atoms with van der Waals surface area (Å²) >= 11 is 6.78. The number of rotatable bonds is 6. The molecule has 1 heterocycles. The standard InChI is InChI=1S/C21H19N3O5S2/c1-12-17(13-7-5-4-6-8-13)18(20(25)29-3)19(31-12)23-21(30)22-15-10-9-14(24(26)27)11-16(15)28-2/h4-11H,1-3H3,(H2,22,23,30). The van der Waals surface area contributed by atoms with Gasteiger partial charge in [0.1, 0.15) is 16.3 Å². The molecule has 0 aliphatic rings. The summed E-state index contributed by atoms with van der Waals surface area (Å²) < 4.78 is 10.2. The Bertz CT molecular complexity index is 1150. The van der Waals surface area contributed by atoms with Gasteiger partial charge >= 0.3 is 5.97 Å². The Labute approximate surface area is 188 Å². The maximum absolute atomic E-state index is 12.6. The molecule has 10 heteroatoms. The Hall–Kier alpha value is -3.50. The molecule has 0 saturated carbocycles. The molecule has 0 amide bonds. The summed E-state index contributed by atoms with van der Waals surface area (Å²) in [6.45, 7) is 1.92. The monoisotopic (exact) mass is 457 g/mol. The molecule has 0 aliphatic carbocycles. The van der Waals surface area contributed by atoms with Crippen LogP contribution in [-0.2, 0) is 4.74 Å². The van der Waals surface area contributed by atoms with E-state index >= 15 is 0 Å². The number of nitro benzene ring substituents is 1. The van der Waals surface area contributed by atoms with Crippen LogP contribution in [0.5, 0.6) is 5.75 Å². The normalized spacial score (nSPS) is 10.3. The minimum absolute atomic E-state index is 0.101. The molecular weight excluding hydrogens is 438 g/mol. The minimum atomic E-state index is -0.509. The molecule has 31 heavy (non-hydrogen) atoms. The van der Waals surface area contributed by atoms with Crippen LogP contribution >= 0.6 is 23.6 Å². The molecule has 160 valence electrons. The third-order valence-electron chi connectivity index (χ3n) is 4.41. The first kappa shape index (κ1) is 22.2. The molecule has 0 fully saturated rings. The summed E-state index contributed by atoms with van der Waals surface area (Å²) in [6.07, 6.45) is 0. The van der Waals surface area contributed by atoms with E-state index in [-0.39, 0.29) is 16.5 Å². The van der Waals surface area contributed by atoms with Gasteiger partial charge in [-0.3, -0.25) is 10.1 Å². The van der Waals surface area contributed by atoms with Crippen molar-refractivity contribution >= 4 is 51.0 Å². The van der Waals surface area contributed by atoms with Gasteiger partial charge in [-0.05, 0) is 30.8 Å². The van der Waals surface area contributed by atoms with Crippen LogP contribution in [0.1, 0.15) is 15.2 Å². The highest BCUT2D eigenvalue weighted by Crippen LogP contribution is 2.40. The first-order valence-corrected chi connectivity index (χ1v) is 10.3. The van der Waals surface area contributed by atoms with Crippen molar-refractivity contribution in [3.05, 3.63) is 69.1 Å². The van der Waals surface area contributed by atoms with Crippen molar-refractivity contribution in [3.63, 3.8) is 0 Å². The van der Waals surface area contributed by atoms with Gasteiger partial charge in [0.25, 0.3) is 5.69 Å². The molecule has 0 atom stereocenters. The number of ether oxygens (including phenoxy) is 2. The topological polar surface area (TPSA) is 103 Å². The van der Waals surface area contributed by atoms with Crippen molar-refractivity contribution in [2.75, 3.05) is 24.9 Å².